The van der Waals surface area contributed by atoms with Crippen LogP contribution in [0, 0.1) is 4.84 Å². The molecular formula is C16H14N4OS3. The van der Waals surface area contributed by atoms with E-state index in [0.717, 1.165) is 21.9 Å². The van der Waals surface area contributed by atoms with E-state index in [4.69, 9.17) is 16.6 Å². The Hall–Kier alpha value is -1.87. The average Bonchev–Trinajstić information content (AvgIpc) is 3.27. The zero-order valence-corrected chi connectivity index (χ0v) is 15.3. The molecule has 0 saturated carbocycles. The number of thiazole rings is 1. The molecule has 0 aliphatic heterocycles. The molecule has 0 radical (unpaired) electrons. The molecule has 1 aromatic carbocycles. The van der Waals surface area contributed by atoms with E-state index in [1.165, 1.54) is 4.70 Å². The van der Waals surface area contributed by atoms with E-state index < -0.39 is 0 Å². The summed E-state index contributed by atoms with van der Waals surface area (Å²) in [5.74, 6) is 0.573. The SMILES string of the molecule is CN(Cc1nc2ccccc2s1)Cn1nc(-c2cccs2)oc1=S. The van der Waals surface area contributed by atoms with Crippen LogP contribution in [-0.2, 0) is 13.2 Å². The van der Waals surface area contributed by atoms with Gasteiger partial charge in [0, 0.05) is 0 Å². The Balaban J connectivity index is 1.49. The molecule has 0 aliphatic carbocycles. The number of benzene rings is 1. The highest BCUT2D eigenvalue weighted by Crippen LogP contribution is 2.24. The lowest BCUT2D eigenvalue weighted by molar-refractivity contribution is 0.240. The predicted molar refractivity (Wildman–Crippen MR) is 99.7 cm³/mol. The number of hydrogen-bond donors (Lipinski definition) is 0. The third-order valence-electron chi connectivity index (χ3n) is 3.46. The van der Waals surface area contributed by atoms with Crippen LogP contribution in [0.15, 0.2) is 46.2 Å². The van der Waals surface area contributed by atoms with Crippen molar-refractivity contribution in [1.82, 2.24) is 19.7 Å². The Morgan fingerprint density at radius 3 is 2.92 bits per heavy atom. The van der Waals surface area contributed by atoms with Crippen molar-refractivity contribution in [2.24, 2.45) is 0 Å². The van der Waals surface area contributed by atoms with Gasteiger partial charge in [-0.15, -0.1) is 27.8 Å². The lowest BCUT2D eigenvalue weighted by Crippen LogP contribution is -2.22. The Labute approximate surface area is 151 Å². The fourth-order valence-electron chi connectivity index (χ4n) is 2.39. The van der Waals surface area contributed by atoms with Crippen LogP contribution in [0.4, 0.5) is 0 Å². The maximum Gasteiger partial charge on any atom is 0.288 e. The predicted octanol–water partition coefficient (Wildman–Crippen LogP) is 4.63. The van der Waals surface area contributed by atoms with Crippen molar-refractivity contribution in [2.45, 2.75) is 13.2 Å². The molecule has 3 aromatic heterocycles. The van der Waals surface area contributed by atoms with Crippen molar-refractivity contribution < 1.29 is 4.42 Å². The number of hydrogen-bond acceptors (Lipinski definition) is 7. The van der Waals surface area contributed by atoms with Crippen molar-refractivity contribution in [3.63, 3.8) is 0 Å². The van der Waals surface area contributed by atoms with Crippen molar-refractivity contribution in [3.05, 3.63) is 51.6 Å². The fourth-order valence-corrected chi connectivity index (χ4v) is 4.26. The first-order chi connectivity index (χ1) is 11.7. The molecule has 3 heterocycles. The van der Waals surface area contributed by atoms with Crippen LogP contribution in [0.3, 0.4) is 0 Å². The third-order valence-corrected chi connectivity index (χ3v) is 5.63. The Morgan fingerprint density at radius 2 is 2.12 bits per heavy atom. The molecule has 0 fully saturated rings. The first-order valence-corrected chi connectivity index (χ1v) is 9.44. The average molecular weight is 375 g/mol. The molecule has 0 spiro atoms. The van der Waals surface area contributed by atoms with Gasteiger partial charge in [0.05, 0.1) is 28.3 Å². The van der Waals surface area contributed by atoms with Gasteiger partial charge in [-0.05, 0) is 42.8 Å². The van der Waals surface area contributed by atoms with E-state index in [9.17, 15) is 0 Å². The molecule has 0 saturated heterocycles. The van der Waals surface area contributed by atoms with Crippen molar-refractivity contribution >= 4 is 45.1 Å². The Kier molecular flexibility index (Phi) is 4.28. The van der Waals surface area contributed by atoms with Gasteiger partial charge in [0.1, 0.15) is 5.01 Å². The lowest BCUT2D eigenvalue weighted by atomic mass is 10.3. The molecule has 0 bridgehead atoms. The van der Waals surface area contributed by atoms with E-state index in [1.54, 1.807) is 27.4 Å². The molecular weight excluding hydrogens is 360 g/mol. The molecule has 8 heteroatoms. The van der Waals surface area contributed by atoms with Gasteiger partial charge in [0.15, 0.2) is 0 Å². The van der Waals surface area contributed by atoms with E-state index in [1.807, 2.05) is 42.8 Å². The minimum Gasteiger partial charge on any atom is -0.408 e. The molecule has 4 rings (SSSR count). The summed E-state index contributed by atoms with van der Waals surface area (Å²) in [6, 6.07) is 12.1. The highest BCUT2D eigenvalue weighted by molar-refractivity contribution is 7.71. The minimum absolute atomic E-state index is 0.384. The number of aromatic nitrogens is 3. The number of rotatable bonds is 5. The second kappa shape index (κ2) is 6.56. The van der Waals surface area contributed by atoms with Gasteiger partial charge in [-0.3, -0.25) is 4.90 Å². The molecule has 0 atom stereocenters. The van der Waals surface area contributed by atoms with E-state index in [0.29, 0.717) is 17.4 Å². The summed E-state index contributed by atoms with van der Waals surface area (Å²) in [5.41, 5.74) is 1.05. The van der Waals surface area contributed by atoms with Crippen LogP contribution in [0.25, 0.3) is 21.0 Å². The van der Waals surface area contributed by atoms with Crippen molar-refractivity contribution in [3.8, 4) is 10.8 Å². The number of nitrogens with zero attached hydrogens (tertiary/aromatic N) is 4. The summed E-state index contributed by atoms with van der Waals surface area (Å²) >= 11 is 8.58. The van der Waals surface area contributed by atoms with E-state index >= 15 is 0 Å². The van der Waals surface area contributed by atoms with Crippen LogP contribution in [0.2, 0.25) is 0 Å². The van der Waals surface area contributed by atoms with Crippen molar-refractivity contribution in [2.75, 3.05) is 7.05 Å². The summed E-state index contributed by atoms with van der Waals surface area (Å²) in [6.07, 6.45) is 0. The van der Waals surface area contributed by atoms with Gasteiger partial charge >= 0.3 is 0 Å². The molecule has 0 aliphatic rings. The quantitative estimate of drug-likeness (QED) is 0.477. The van der Waals surface area contributed by atoms with Gasteiger partial charge in [0.25, 0.3) is 10.7 Å². The number of para-hydroxylation sites is 1. The largest absolute Gasteiger partial charge is 0.408 e. The molecule has 0 unspecified atom stereocenters. The van der Waals surface area contributed by atoms with Gasteiger partial charge in [-0.2, -0.15) is 0 Å². The van der Waals surface area contributed by atoms with Crippen LogP contribution in [0.5, 0.6) is 0 Å². The highest BCUT2D eigenvalue weighted by Gasteiger charge is 2.12. The maximum atomic E-state index is 5.60. The van der Waals surface area contributed by atoms with E-state index in [-0.39, 0.29) is 0 Å². The summed E-state index contributed by atoms with van der Waals surface area (Å²) in [7, 11) is 2.02. The zero-order valence-electron chi connectivity index (χ0n) is 12.9. The minimum atomic E-state index is 0.384. The van der Waals surface area contributed by atoms with Crippen LogP contribution in [0.1, 0.15) is 5.01 Å². The first kappa shape index (κ1) is 15.6. The topological polar surface area (TPSA) is 47.1 Å². The number of fused-ring (bicyclic) bond motifs is 1. The van der Waals surface area contributed by atoms with E-state index in [2.05, 4.69) is 21.0 Å². The molecule has 122 valence electrons. The van der Waals surface area contributed by atoms with Gasteiger partial charge in [-0.1, -0.05) is 18.2 Å². The first-order valence-electron chi connectivity index (χ1n) is 7.34. The zero-order chi connectivity index (χ0) is 16.5. The van der Waals surface area contributed by atoms with Crippen LogP contribution < -0.4 is 0 Å². The standard InChI is InChI=1S/C16H14N4OS3/c1-19(9-14-17-11-5-2-3-6-12(11)24-14)10-20-16(22)21-15(18-20)13-7-4-8-23-13/h2-8H,9-10H2,1H3. The van der Waals surface area contributed by atoms with Gasteiger partial charge < -0.3 is 4.42 Å². The maximum absolute atomic E-state index is 5.60. The Morgan fingerprint density at radius 1 is 1.25 bits per heavy atom. The lowest BCUT2D eigenvalue weighted by Gasteiger charge is -2.13. The van der Waals surface area contributed by atoms with Gasteiger partial charge in [0.2, 0.25) is 0 Å². The third kappa shape index (κ3) is 3.18. The second-order valence-electron chi connectivity index (χ2n) is 5.38. The van der Waals surface area contributed by atoms with Gasteiger partial charge in [-0.25, -0.2) is 9.67 Å². The Bertz CT molecular complexity index is 982. The molecule has 5 nitrogen and oxygen atoms in total. The molecule has 0 N–H and O–H groups in total. The monoisotopic (exact) mass is 374 g/mol. The fraction of sp³-hybridized carbons (Fsp3) is 0.188. The summed E-state index contributed by atoms with van der Waals surface area (Å²) in [6.45, 7) is 1.30. The van der Waals surface area contributed by atoms with Crippen LogP contribution >= 0.6 is 34.9 Å². The molecule has 24 heavy (non-hydrogen) atoms. The molecule has 4 aromatic rings. The second-order valence-corrected chi connectivity index (χ2v) is 7.79. The highest BCUT2D eigenvalue weighted by atomic mass is 32.1. The summed E-state index contributed by atoms with van der Waals surface area (Å²) in [4.78, 5) is 8.15. The summed E-state index contributed by atoms with van der Waals surface area (Å²) in [5, 5.41) is 7.54. The van der Waals surface area contributed by atoms with Crippen molar-refractivity contribution in [1.29, 1.82) is 0 Å². The summed E-state index contributed by atoms with van der Waals surface area (Å²) < 4.78 is 8.51. The van der Waals surface area contributed by atoms with Crippen LogP contribution in [-0.4, -0.2) is 26.7 Å². The smallest absolute Gasteiger partial charge is 0.288 e. The molecule has 0 amide bonds. The normalized spacial score (nSPS) is 11.6. The number of thiophene rings is 1.